The first-order chi connectivity index (χ1) is 20.2. The second-order valence-electron chi connectivity index (χ2n) is 11.0. The SMILES string of the molecule is CC[C@H](C)[C@H](NC(=O)[C@H](CC(C)C)NC(=O)[C@@H](N)[C@@H](C)O)C(=O)N[C@@H](Cc1ccccc1)C(=O)NCC(=O)NCC(=O)O. The molecule has 1 rings (SSSR count). The van der Waals surface area contributed by atoms with Crippen LogP contribution >= 0.6 is 0 Å². The maximum absolute atomic E-state index is 13.6. The maximum Gasteiger partial charge on any atom is 0.322 e. The molecular weight excluding hydrogens is 560 g/mol. The van der Waals surface area contributed by atoms with Crippen molar-refractivity contribution in [3.8, 4) is 0 Å². The average Bonchev–Trinajstić information content (AvgIpc) is 2.95. The van der Waals surface area contributed by atoms with Crippen molar-refractivity contribution in [1.82, 2.24) is 26.6 Å². The lowest BCUT2D eigenvalue weighted by atomic mass is 9.95. The van der Waals surface area contributed by atoms with Crippen molar-refractivity contribution in [1.29, 1.82) is 0 Å². The van der Waals surface area contributed by atoms with E-state index in [4.69, 9.17) is 10.8 Å². The van der Waals surface area contributed by atoms with E-state index in [-0.39, 0.29) is 24.7 Å². The largest absolute Gasteiger partial charge is 0.480 e. The zero-order valence-electron chi connectivity index (χ0n) is 25.4. The van der Waals surface area contributed by atoms with E-state index in [0.29, 0.717) is 6.42 Å². The Balaban J connectivity index is 3.15. The van der Waals surface area contributed by atoms with Gasteiger partial charge >= 0.3 is 5.97 Å². The van der Waals surface area contributed by atoms with Crippen LogP contribution in [0.1, 0.15) is 53.0 Å². The highest BCUT2D eigenvalue weighted by molar-refractivity contribution is 5.95. The van der Waals surface area contributed by atoms with Crippen molar-refractivity contribution in [2.45, 2.75) is 84.2 Å². The average molecular weight is 607 g/mol. The fraction of sp³-hybridized carbons (Fsp3) is 0.586. The molecule has 0 aliphatic rings. The second-order valence-corrected chi connectivity index (χ2v) is 11.0. The van der Waals surface area contributed by atoms with Gasteiger partial charge in [-0.05, 0) is 30.7 Å². The molecule has 1 aromatic carbocycles. The number of hydrogen-bond acceptors (Lipinski definition) is 8. The Bertz CT molecular complexity index is 1100. The van der Waals surface area contributed by atoms with Crippen molar-refractivity contribution < 1.29 is 39.0 Å². The van der Waals surface area contributed by atoms with Crippen LogP contribution in [-0.4, -0.2) is 89.1 Å². The van der Waals surface area contributed by atoms with Crippen LogP contribution in [0.4, 0.5) is 0 Å². The van der Waals surface area contributed by atoms with E-state index in [1.54, 1.807) is 37.3 Å². The van der Waals surface area contributed by atoms with E-state index in [9.17, 15) is 33.9 Å². The van der Waals surface area contributed by atoms with Gasteiger partial charge in [-0.2, -0.15) is 0 Å². The minimum atomic E-state index is -1.25. The standard InChI is InChI=1S/C29H46N6O8/c1-6-17(4)25(35-27(41)20(12-16(2)3)33-28(42)24(30)18(5)36)29(43)34-21(13-19-10-8-7-9-11-19)26(40)32-14-22(37)31-15-23(38)39/h7-11,16-18,20-21,24-25,36H,6,12-15,30H2,1-5H3,(H,31,37)(H,32,40)(H,33,42)(H,34,43)(H,35,41)(H,38,39)/t17-,18+,20-,21-,24-,25-/m0/s1. The van der Waals surface area contributed by atoms with Crippen LogP contribution < -0.4 is 32.3 Å². The monoisotopic (exact) mass is 606 g/mol. The molecule has 0 radical (unpaired) electrons. The predicted molar refractivity (Wildman–Crippen MR) is 158 cm³/mol. The van der Waals surface area contributed by atoms with Gasteiger partial charge in [-0.25, -0.2) is 0 Å². The fourth-order valence-corrected chi connectivity index (χ4v) is 3.99. The predicted octanol–water partition coefficient (Wildman–Crippen LogP) is -1.20. The number of aliphatic hydroxyl groups is 1. The Morgan fingerprint density at radius 1 is 0.791 bits per heavy atom. The van der Waals surface area contributed by atoms with Gasteiger partial charge in [-0.1, -0.05) is 64.4 Å². The lowest BCUT2D eigenvalue weighted by molar-refractivity contribution is -0.138. The molecule has 1 aromatic rings. The van der Waals surface area contributed by atoms with E-state index in [1.165, 1.54) is 6.92 Å². The molecule has 240 valence electrons. The number of nitrogens with two attached hydrogens (primary N) is 1. The van der Waals surface area contributed by atoms with E-state index < -0.39 is 78.9 Å². The van der Waals surface area contributed by atoms with Crippen LogP contribution in [0.5, 0.6) is 0 Å². The summed E-state index contributed by atoms with van der Waals surface area (Å²) in [6.07, 6.45) is -0.342. The van der Waals surface area contributed by atoms with Gasteiger partial charge in [0.2, 0.25) is 29.5 Å². The van der Waals surface area contributed by atoms with Crippen LogP contribution in [0.25, 0.3) is 0 Å². The summed E-state index contributed by atoms with van der Waals surface area (Å²) in [5, 5.41) is 30.9. The van der Waals surface area contributed by atoms with E-state index in [0.717, 1.165) is 5.56 Å². The van der Waals surface area contributed by atoms with Crippen molar-refractivity contribution >= 4 is 35.5 Å². The van der Waals surface area contributed by atoms with E-state index in [2.05, 4.69) is 26.6 Å². The Labute approximate surface area is 251 Å². The van der Waals surface area contributed by atoms with Gasteiger partial charge in [0, 0.05) is 6.42 Å². The molecule has 14 heteroatoms. The number of benzene rings is 1. The van der Waals surface area contributed by atoms with Gasteiger partial charge in [-0.3, -0.25) is 28.8 Å². The number of rotatable bonds is 18. The molecule has 6 atom stereocenters. The van der Waals surface area contributed by atoms with Crippen molar-refractivity contribution in [3.05, 3.63) is 35.9 Å². The van der Waals surface area contributed by atoms with Crippen LogP contribution in [0.2, 0.25) is 0 Å². The lowest BCUT2D eigenvalue weighted by Gasteiger charge is -2.29. The van der Waals surface area contributed by atoms with E-state index in [1.807, 2.05) is 20.8 Å². The highest BCUT2D eigenvalue weighted by atomic mass is 16.4. The van der Waals surface area contributed by atoms with Crippen LogP contribution in [0.15, 0.2) is 30.3 Å². The number of carbonyl (C=O) groups excluding carboxylic acids is 5. The molecule has 0 saturated carbocycles. The highest BCUT2D eigenvalue weighted by Gasteiger charge is 2.33. The van der Waals surface area contributed by atoms with Crippen LogP contribution in [0, 0.1) is 11.8 Å². The lowest BCUT2D eigenvalue weighted by Crippen LogP contribution is -2.60. The fourth-order valence-electron chi connectivity index (χ4n) is 3.99. The van der Waals surface area contributed by atoms with Crippen molar-refractivity contribution in [3.63, 3.8) is 0 Å². The topological polar surface area (TPSA) is 229 Å². The third kappa shape index (κ3) is 13.7. The summed E-state index contributed by atoms with van der Waals surface area (Å²) < 4.78 is 0. The maximum atomic E-state index is 13.6. The number of aliphatic carboxylic acids is 1. The summed E-state index contributed by atoms with van der Waals surface area (Å²) in [5.74, 6) is -5.03. The van der Waals surface area contributed by atoms with Gasteiger partial charge in [0.25, 0.3) is 0 Å². The third-order valence-electron chi connectivity index (χ3n) is 6.73. The number of carbonyl (C=O) groups is 6. The molecule has 5 amide bonds. The number of nitrogens with one attached hydrogen (secondary N) is 5. The molecule has 0 aliphatic heterocycles. The van der Waals surface area contributed by atoms with Gasteiger partial charge < -0.3 is 42.5 Å². The minimum Gasteiger partial charge on any atom is -0.480 e. The molecule has 0 saturated heterocycles. The number of hydrogen-bond donors (Lipinski definition) is 8. The molecule has 0 fully saturated rings. The molecule has 43 heavy (non-hydrogen) atoms. The number of carboxylic acids is 1. The first-order valence-corrected chi connectivity index (χ1v) is 14.3. The van der Waals surface area contributed by atoms with E-state index >= 15 is 0 Å². The molecule has 0 heterocycles. The molecule has 0 aromatic heterocycles. The molecule has 0 unspecified atom stereocenters. The summed E-state index contributed by atoms with van der Waals surface area (Å²) >= 11 is 0. The molecule has 0 spiro atoms. The Hall–Kier alpha value is -4.04. The third-order valence-corrected chi connectivity index (χ3v) is 6.73. The Morgan fingerprint density at radius 2 is 1.40 bits per heavy atom. The first kappa shape index (κ1) is 37.0. The second kappa shape index (κ2) is 18.5. The number of carboxylic acid groups (broad SMARTS) is 1. The molecule has 0 bridgehead atoms. The smallest absolute Gasteiger partial charge is 0.322 e. The van der Waals surface area contributed by atoms with Gasteiger partial charge in [0.15, 0.2) is 0 Å². The summed E-state index contributed by atoms with van der Waals surface area (Å²) in [7, 11) is 0. The van der Waals surface area contributed by atoms with Crippen LogP contribution in [0.3, 0.4) is 0 Å². The zero-order chi connectivity index (χ0) is 32.7. The summed E-state index contributed by atoms with van der Waals surface area (Å²) in [6, 6.07) is 4.33. The van der Waals surface area contributed by atoms with Crippen LogP contribution in [-0.2, 0) is 35.2 Å². The molecule has 0 aliphatic carbocycles. The minimum absolute atomic E-state index is 0.0126. The Morgan fingerprint density at radius 3 is 1.93 bits per heavy atom. The zero-order valence-corrected chi connectivity index (χ0v) is 25.4. The van der Waals surface area contributed by atoms with Gasteiger partial charge in [-0.15, -0.1) is 0 Å². The van der Waals surface area contributed by atoms with Gasteiger partial charge in [0.1, 0.15) is 30.7 Å². The van der Waals surface area contributed by atoms with Crippen molar-refractivity contribution in [2.24, 2.45) is 17.6 Å². The highest BCUT2D eigenvalue weighted by Crippen LogP contribution is 2.12. The number of amides is 5. The first-order valence-electron chi connectivity index (χ1n) is 14.3. The normalized spacial score (nSPS) is 15.2. The molecule has 14 nitrogen and oxygen atoms in total. The Kier molecular flexibility index (Phi) is 15.9. The van der Waals surface area contributed by atoms with Gasteiger partial charge in [0.05, 0.1) is 12.6 Å². The molecule has 9 N–H and O–H groups in total. The summed E-state index contributed by atoms with van der Waals surface area (Å²) in [4.78, 5) is 75.2. The number of aliphatic hydroxyl groups excluding tert-OH is 1. The summed E-state index contributed by atoms with van der Waals surface area (Å²) in [5.41, 5.74) is 6.45. The molecular formula is C29H46N6O8. The quantitative estimate of drug-likeness (QED) is 0.100. The summed E-state index contributed by atoms with van der Waals surface area (Å²) in [6.45, 7) is 7.53. The van der Waals surface area contributed by atoms with Crippen molar-refractivity contribution in [2.75, 3.05) is 13.1 Å².